The Kier molecular flexibility index (Phi) is 26.2. The molecule has 0 radical (unpaired) electrons. The Hall–Kier alpha value is -16.1. The van der Waals surface area contributed by atoms with Crippen LogP contribution in [-0.4, -0.2) is 149 Å². The molecule has 24 heterocycles. The molecule has 24 bridgehead atoms. The molecule has 0 saturated carbocycles. The minimum absolute atomic E-state index is 0. The van der Waals surface area contributed by atoms with Gasteiger partial charge in [-0.3, -0.25) is 4.79 Å². The van der Waals surface area contributed by atoms with E-state index >= 15 is 0 Å². The average molecular weight is 1860 g/mol. The first-order valence-electron chi connectivity index (χ1n) is 41.8. The molecule has 0 aromatic carbocycles. The van der Waals surface area contributed by atoms with E-state index in [2.05, 4.69) is 212 Å². The quantitative estimate of drug-likeness (QED) is 0.0749. The zero-order chi connectivity index (χ0) is 87.9. The molecule has 0 unspecified atom stereocenters. The van der Waals surface area contributed by atoms with Crippen molar-refractivity contribution >= 4 is 121 Å². The molecule has 0 atom stereocenters. The van der Waals surface area contributed by atoms with Gasteiger partial charge in [0.05, 0.1) is 122 Å². The van der Waals surface area contributed by atoms with Gasteiger partial charge >= 0.3 is 17.1 Å². The number of nitrogens with one attached hydrogen (secondary N) is 6. The molecular weight excluding hydrogens is 1770 g/mol. The molecule has 133 heavy (non-hydrogen) atoms. The number of aryl methyl sites for hydroxylation is 6. The number of nitrogens with zero attached hydrogens (tertiary/aromatic N) is 22. The van der Waals surface area contributed by atoms with Crippen LogP contribution in [0.25, 0.3) is 104 Å². The predicted octanol–water partition coefficient (Wildman–Crippen LogP) is 3.95. The minimum atomic E-state index is 0. The Morgan fingerprint density at radius 3 is 1.46 bits per heavy atom. The summed E-state index contributed by atoms with van der Waals surface area (Å²) >= 11 is 0. The maximum absolute atomic E-state index is 10.0. The van der Waals surface area contributed by atoms with Crippen LogP contribution in [0.1, 0.15) is 79.2 Å². The van der Waals surface area contributed by atoms with Crippen molar-refractivity contribution in [3.8, 4) is 22.8 Å². The van der Waals surface area contributed by atoms with E-state index < -0.39 is 0 Å². The van der Waals surface area contributed by atoms with Gasteiger partial charge in [0.25, 0.3) is 5.82 Å². The fraction of sp³-hybridized carbons (Fsp3) is 0.100. The maximum atomic E-state index is 10.0. The van der Waals surface area contributed by atoms with E-state index in [4.69, 9.17) is 44.9 Å². The van der Waals surface area contributed by atoms with E-state index in [1.165, 1.54) is 11.4 Å². The molecule has 12 aromatic rings. The molecular formula is C100H86Cl3MnN28O. The van der Waals surface area contributed by atoms with Gasteiger partial charge in [-0.15, -0.1) is 22.1 Å². The first-order valence-corrected chi connectivity index (χ1v) is 41.8. The molecule has 660 valence electrons. The van der Waals surface area contributed by atoms with E-state index in [1.807, 2.05) is 207 Å². The number of fused-ring (bicyclic) bond motifs is 18. The van der Waals surface area contributed by atoms with Gasteiger partial charge in [0.1, 0.15) is 41.5 Å². The first-order chi connectivity index (χ1) is 63.0. The molecule has 0 aliphatic carbocycles. The molecule has 24 rings (SSSR count). The molecule has 0 spiro atoms. The van der Waals surface area contributed by atoms with Crippen molar-refractivity contribution in [3.05, 3.63) is 389 Å². The number of imidazole rings is 5. The fourth-order valence-corrected chi connectivity index (χ4v) is 16.5. The standard InChI is InChI=1S/C30H27N8.C28H22N8.C28H20N8.C9H10N2.C5H6N2O.3ClH.Mn/c1-35-13-14-36(2)29(35)27-23-9-5-19(31-23)17-21-7-11-25(33-21)28(30-37(3)15-16-38(30)4)26-12-8-22(34-26)18-20-6-10-24(27)32-20;2*1-35-13-11-29-27(35)25-21-7-3-17(31-21)15-19-5-9-23(33-19)26(28-30-12-14-36(28)2)24-10-6-20(34-24)16-18-4-8-22(25)32-18;1-3-8(10-5-1)7-9-4-2-6-11-9;1-7-3-2-6-5(7)4-8;;;;/h5-18,31H,1-4H3;3-16,29,31H,1-2H3;3-16H,1-2H3;1-6,10-11H,7H2;2-4H,1H3;3*1H;/q+1;;-2;;;;;;+3/p-2. The Bertz CT molecular complexity index is 7430. The summed E-state index contributed by atoms with van der Waals surface area (Å²) in [5.74, 6) is 5.99. The number of hydrogen-bond donors (Lipinski definition) is 6. The smallest absolute Gasteiger partial charge is 1.00 e. The molecule has 6 N–H and O–H groups in total. The van der Waals surface area contributed by atoms with Gasteiger partial charge in [0.15, 0.2) is 17.7 Å². The van der Waals surface area contributed by atoms with Crippen molar-refractivity contribution in [3.63, 3.8) is 0 Å². The summed E-state index contributed by atoms with van der Waals surface area (Å²) in [6.07, 6.45) is 73.1. The van der Waals surface area contributed by atoms with Crippen molar-refractivity contribution in [1.29, 1.82) is 0 Å². The minimum Gasteiger partial charge on any atom is -1.00 e. The molecule has 29 nitrogen and oxygen atoms in total. The zero-order valence-electron chi connectivity index (χ0n) is 73.4. The second-order valence-corrected chi connectivity index (χ2v) is 31.7. The molecule has 33 heteroatoms. The van der Waals surface area contributed by atoms with E-state index in [1.54, 1.807) is 42.6 Å². The summed E-state index contributed by atoms with van der Waals surface area (Å²) in [6.45, 7) is 0. The molecule has 12 aliphatic heterocycles. The Morgan fingerprint density at radius 1 is 0.459 bits per heavy atom. The van der Waals surface area contributed by atoms with Gasteiger partial charge < -0.3 is 105 Å². The number of hydrogen-bond acceptors (Lipinski definition) is 16. The van der Waals surface area contributed by atoms with Gasteiger partial charge in [-0.1, -0.05) is 36.4 Å². The summed E-state index contributed by atoms with van der Waals surface area (Å²) in [4.78, 5) is 95.4. The number of allylic oxidation sites excluding steroid dienone is 18. The number of carbonyl (C=O) groups excluding carboxylic acids is 1. The average Bonchev–Trinajstić information content (AvgIpc) is 1.65. The normalized spacial score (nSPS) is 16.3. The van der Waals surface area contributed by atoms with Crippen LogP contribution in [0.3, 0.4) is 0 Å². The fourth-order valence-electron chi connectivity index (χ4n) is 16.5. The van der Waals surface area contributed by atoms with Crippen molar-refractivity contribution in [2.24, 2.45) is 67.2 Å². The largest absolute Gasteiger partial charge is 3.00 e. The number of halogens is 3. The van der Waals surface area contributed by atoms with Gasteiger partial charge in [-0.05, 0) is 152 Å². The number of carbonyl (C=O) groups is 1. The maximum Gasteiger partial charge on any atom is 3.00 e. The van der Waals surface area contributed by atoms with Crippen molar-refractivity contribution in [2.45, 2.75) is 6.42 Å². The molecule has 0 saturated heterocycles. The van der Waals surface area contributed by atoms with Crippen LogP contribution in [0.2, 0.25) is 0 Å². The van der Waals surface area contributed by atoms with Crippen molar-refractivity contribution in [2.75, 3.05) is 21.1 Å². The van der Waals surface area contributed by atoms with Crippen molar-refractivity contribution in [1.82, 2.24) is 103 Å². The van der Waals surface area contributed by atoms with E-state index in [-0.39, 0.29) is 54.3 Å². The monoisotopic (exact) mass is 1850 g/mol. The number of aliphatic imine (C=N–C) groups is 5. The number of rotatable bonds is 7. The van der Waals surface area contributed by atoms with Crippen LogP contribution in [0.4, 0.5) is 0 Å². The van der Waals surface area contributed by atoms with E-state index in [0.29, 0.717) is 5.82 Å². The number of aldehydes is 1. The van der Waals surface area contributed by atoms with E-state index in [9.17, 15) is 4.79 Å². The summed E-state index contributed by atoms with van der Waals surface area (Å²) in [5, 5.41) is 3.36. The number of H-pyrrole nitrogens is 4. The van der Waals surface area contributed by atoms with Crippen LogP contribution < -0.4 is 62.1 Å². The second kappa shape index (κ2) is 38.7. The number of aromatic amines is 4. The Balaban J connectivity index is 0.000000130. The third-order valence-corrected chi connectivity index (χ3v) is 22.7. The second-order valence-electron chi connectivity index (χ2n) is 31.7. The topological polar surface area (TPSA) is 312 Å². The van der Waals surface area contributed by atoms with Crippen LogP contribution in [0.5, 0.6) is 0 Å². The summed E-state index contributed by atoms with van der Waals surface area (Å²) in [6, 6.07) is 28.5. The number of aromatic nitrogens is 18. The summed E-state index contributed by atoms with van der Waals surface area (Å²) in [5.41, 5.74) is 29.3. The summed E-state index contributed by atoms with van der Waals surface area (Å²) in [7, 11) is 18.0. The first kappa shape index (κ1) is 90.2. The molecule has 0 fully saturated rings. The SMILES string of the molecule is CN1C=CN(C)C1=C1C2=NC(=CC3=[NH+]C(=C(c4n(C)cc[n+]4C)C4=NC(=Cc5ccc1[nH]5)C=C4)C=C3)C=C2.CN1C=CNC1=C1C2=NC(=CC3=NC(=C(c4nccn4C)C4=NC(=Cc5ccc1[nH]5)C=C4)C=C3)C=C2.Cn1ccnc1-c1c2nc(cc3ccc([n-]3)c(-c3nccn3C)c3nc(cc4ccc1[n-]4)C=C3)C=C2.Cn1ccnc1C=O.[Cl-].[Cl-].[Cl-].[Mn+3].c1c[nH]c(Cc2ccc[nH]2)c1. The van der Waals surface area contributed by atoms with Gasteiger partial charge in [-0.25, -0.2) is 69.0 Å². The zero-order valence-corrected chi connectivity index (χ0v) is 76.9. The Labute approximate surface area is 794 Å². The van der Waals surface area contributed by atoms with Gasteiger partial charge in [0, 0.05) is 195 Å². The van der Waals surface area contributed by atoms with E-state index in [0.717, 1.165) is 217 Å². The predicted molar refractivity (Wildman–Crippen MR) is 508 cm³/mol. The third kappa shape index (κ3) is 18.7. The van der Waals surface area contributed by atoms with Gasteiger partial charge in [0.2, 0.25) is 11.4 Å². The van der Waals surface area contributed by atoms with Crippen LogP contribution >= 0.6 is 0 Å². The molecule has 0 amide bonds. The van der Waals surface area contributed by atoms with Gasteiger partial charge in [-0.2, -0.15) is 0 Å². The summed E-state index contributed by atoms with van der Waals surface area (Å²) < 4.78 is 11.9. The third-order valence-electron chi connectivity index (χ3n) is 22.7. The molecule has 12 aromatic heterocycles. The Morgan fingerprint density at radius 2 is 0.970 bits per heavy atom. The van der Waals surface area contributed by atoms with Crippen molar-refractivity contribution < 1.29 is 68.6 Å². The van der Waals surface area contributed by atoms with Crippen LogP contribution in [0, 0.1) is 0 Å². The molecule has 12 aliphatic rings. The van der Waals surface area contributed by atoms with Crippen LogP contribution in [0.15, 0.2) is 340 Å². The van der Waals surface area contributed by atoms with Crippen LogP contribution in [-0.2, 0) is 65.8 Å².